The van der Waals surface area contributed by atoms with Crippen molar-refractivity contribution in [2.45, 2.75) is 38.4 Å². The molecule has 6 nitrogen and oxygen atoms in total. The fourth-order valence-corrected chi connectivity index (χ4v) is 4.06. The zero-order valence-electron chi connectivity index (χ0n) is 15.9. The number of hydrogen-bond acceptors (Lipinski definition) is 6. The summed E-state index contributed by atoms with van der Waals surface area (Å²) in [7, 11) is 0. The Morgan fingerprint density at radius 3 is 2.83 bits per heavy atom. The number of nitrogens with zero attached hydrogens (tertiary/aromatic N) is 1. The highest BCUT2D eigenvalue weighted by atomic mass is 16.6. The molecule has 3 heterocycles. The average molecular weight is 389 g/mol. The molecule has 3 aromatic rings. The van der Waals surface area contributed by atoms with Crippen molar-refractivity contribution >= 4 is 34.5 Å². The molecular formula is C23H19NO5. The summed E-state index contributed by atoms with van der Waals surface area (Å²) in [6.07, 6.45) is 4.28. The van der Waals surface area contributed by atoms with Gasteiger partial charge in [-0.3, -0.25) is 0 Å². The summed E-state index contributed by atoms with van der Waals surface area (Å²) >= 11 is 0. The maximum Gasteiger partial charge on any atom is 0.347 e. The molecule has 1 aliphatic carbocycles. The van der Waals surface area contributed by atoms with Crippen molar-refractivity contribution in [2.24, 2.45) is 0 Å². The molecule has 2 aliphatic rings. The largest absolute Gasteiger partial charge is 0.465 e. The minimum absolute atomic E-state index is 0.247. The van der Waals surface area contributed by atoms with E-state index in [0.29, 0.717) is 23.9 Å². The smallest absolute Gasteiger partial charge is 0.347 e. The maximum absolute atomic E-state index is 13.2. The SMILES string of the molecule is CC1CC(OC(=O)c2c3c(nc4ccccc24)/C(=C/c2ccco2)CC3)C(=O)O1. The molecule has 1 fully saturated rings. The Morgan fingerprint density at radius 1 is 1.21 bits per heavy atom. The maximum atomic E-state index is 13.2. The first-order chi connectivity index (χ1) is 14.1. The van der Waals surface area contributed by atoms with E-state index in [4.69, 9.17) is 18.9 Å². The molecule has 1 aliphatic heterocycles. The molecule has 146 valence electrons. The number of pyridine rings is 1. The van der Waals surface area contributed by atoms with Crippen LogP contribution in [0.2, 0.25) is 0 Å². The molecule has 0 spiro atoms. The number of carbonyl (C=O) groups is 2. The van der Waals surface area contributed by atoms with E-state index >= 15 is 0 Å². The summed E-state index contributed by atoms with van der Waals surface area (Å²) in [6.45, 7) is 1.79. The Bertz CT molecular complexity index is 1150. The van der Waals surface area contributed by atoms with Gasteiger partial charge in [0.25, 0.3) is 0 Å². The second-order valence-corrected chi connectivity index (χ2v) is 7.39. The standard InChI is InChI=1S/C23H19NO5/c1-13-11-19(22(25)28-13)29-23(26)20-16-6-2-3-7-18(16)24-21-14(8-9-17(20)21)12-15-5-4-10-27-15/h2-7,10,12-13,19H,8-9,11H2,1H3/b14-12+. The number of fused-ring (bicyclic) bond motifs is 2. The van der Waals surface area contributed by atoms with E-state index in [2.05, 4.69) is 0 Å². The lowest BCUT2D eigenvalue weighted by Crippen LogP contribution is -2.23. The van der Waals surface area contributed by atoms with Crippen molar-refractivity contribution in [3.8, 4) is 0 Å². The zero-order chi connectivity index (χ0) is 20.0. The van der Waals surface area contributed by atoms with Gasteiger partial charge in [-0.1, -0.05) is 18.2 Å². The number of hydrogen-bond donors (Lipinski definition) is 0. The van der Waals surface area contributed by atoms with Gasteiger partial charge in [0.2, 0.25) is 6.10 Å². The van der Waals surface area contributed by atoms with Crippen LogP contribution in [0.1, 0.15) is 47.1 Å². The van der Waals surface area contributed by atoms with Crippen LogP contribution in [0.15, 0.2) is 47.1 Å². The number of carbonyl (C=O) groups excluding carboxylic acids is 2. The monoisotopic (exact) mass is 389 g/mol. The van der Waals surface area contributed by atoms with Crippen LogP contribution in [0, 0.1) is 0 Å². The molecule has 5 rings (SSSR count). The van der Waals surface area contributed by atoms with E-state index < -0.39 is 18.0 Å². The van der Waals surface area contributed by atoms with Crippen LogP contribution in [0.4, 0.5) is 0 Å². The number of benzene rings is 1. The summed E-state index contributed by atoms with van der Waals surface area (Å²) in [5, 5.41) is 0.731. The number of ether oxygens (including phenoxy) is 2. The lowest BCUT2D eigenvalue weighted by molar-refractivity contribution is -0.147. The van der Waals surface area contributed by atoms with Crippen LogP contribution < -0.4 is 0 Å². The van der Waals surface area contributed by atoms with Gasteiger partial charge in [-0.05, 0) is 55.2 Å². The summed E-state index contributed by atoms with van der Waals surface area (Å²) < 4.78 is 16.1. The van der Waals surface area contributed by atoms with Gasteiger partial charge in [0.15, 0.2) is 0 Å². The van der Waals surface area contributed by atoms with Gasteiger partial charge in [-0.15, -0.1) is 0 Å². The van der Waals surface area contributed by atoms with E-state index in [9.17, 15) is 9.59 Å². The van der Waals surface area contributed by atoms with E-state index in [1.54, 1.807) is 13.2 Å². The lowest BCUT2D eigenvalue weighted by Gasteiger charge is -2.14. The normalized spacial score (nSPS) is 22.1. The Kier molecular flexibility index (Phi) is 4.19. The molecule has 29 heavy (non-hydrogen) atoms. The fraction of sp³-hybridized carbons (Fsp3) is 0.261. The van der Waals surface area contributed by atoms with Crippen molar-refractivity contribution in [3.63, 3.8) is 0 Å². The van der Waals surface area contributed by atoms with Crippen molar-refractivity contribution in [1.29, 1.82) is 0 Å². The summed E-state index contributed by atoms with van der Waals surface area (Å²) in [5.41, 5.74) is 3.86. The zero-order valence-corrected chi connectivity index (χ0v) is 15.9. The number of furan rings is 1. The molecule has 0 bridgehead atoms. The van der Waals surface area contributed by atoms with Crippen LogP contribution >= 0.6 is 0 Å². The highest BCUT2D eigenvalue weighted by Gasteiger charge is 2.37. The van der Waals surface area contributed by atoms with E-state index in [1.165, 1.54) is 0 Å². The van der Waals surface area contributed by atoms with Gasteiger partial charge < -0.3 is 13.9 Å². The van der Waals surface area contributed by atoms with Gasteiger partial charge in [-0.2, -0.15) is 0 Å². The van der Waals surface area contributed by atoms with Gasteiger partial charge in [-0.25, -0.2) is 14.6 Å². The third-order valence-corrected chi connectivity index (χ3v) is 5.38. The summed E-state index contributed by atoms with van der Waals surface area (Å²) in [6, 6.07) is 11.2. The molecular weight excluding hydrogens is 370 g/mol. The molecule has 0 radical (unpaired) electrons. The topological polar surface area (TPSA) is 78.6 Å². The van der Waals surface area contributed by atoms with Crippen LogP contribution in [0.25, 0.3) is 22.6 Å². The quantitative estimate of drug-likeness (QED) is 0.626. The Balaban J connectivity index is 1.60. The third-order valence-electron chi connectivity index (χ3n) is 5.38. The van der Waals surface area contributed by atoms with Crippen molar-refractivity contribution in [1.82, 2.24) is 4.98 Å². The first kappa shape index (κ1) is 17.7. The Labute approximate surface area is 167 Å². The van der Waals surface area contributed by atoms with Crippen LogP contribution in [0.5, 0.6) is 0 Å². The highest BCUT2D eigenvalue weighted by Crippen LogP contribution is 2.38. The third kappa shape index (κ3) is 3.10. The van der Waals surface area contributed by atoms with Crippen molar-refractivity contribution in [2.75, 3.05) is 0 Å². The van der Waals surface area contributed by atoms with Gasteiger partial charge in [0.1, 0.15) is 11.9 Å². The number of rotatable bonds is 3. The summed E-state index contributed by atoms with van der Waals surface area (Å²) in [4.78, 5) is 29.9. The van der Waals surface area contributed by atoms with Crippen LogP contribution in [0.3, 0.4) is 0 Å². The fourth-order valence-electron chi connectivity index (χ4n) is 4.06. The Morgan fingerprint density at radius 2 is 2.07 bits per heavy atom. The second-order valence-electron chi connectivity index (χ2n) is 7.39. The number of aromatic nitrogens is 1. The minimum atomic E-state index is -0.861. The van der Waals surface area contributed by atoms with Gasteiger partial charge in [0.05, 0.1) is 23.0 Å². The molecule has 1 aromatic carbocycles. The number of allylic oxidation sites excluding steroid dienone is 1. The molecule has 2 aromatic heterocycles. The molecule has 1 saturated heterocycles. The first-order valence-corrected chi connectivity index (χ1v) is 9.67. The molecule has 6 heteroatoms. The lowest BCUT2D eigenvalue weighted by atomic mass is 10.0. The highest BCUT2D eigenvalue weighted by molar-refractivity contribution is 6.07. The van der Waals surface area contributed by atoms with E-state index in [1.807, 2.05) is 42.5 Å². The molecule has 2 atom stereocenters. The second kappa shape index (κ2) is 6.88. The molecule has 2 unspecified atom stereocenters. The van der Waals surface area contributed by atoms with Crippen LogP contribution in [-0.2, 0) is 20.7 Å². The van der Waals surface area contributed by atoms with Gasteiger partial charge in [0, 0.05) is 11.8 Å². The average Bonchev–Trinajstić information content (AvgIpc) is 3.42. The van der Waals surface area contributed by atoms with Crippen molar-refractivity contribution < 1.29 is 23.5 Å². The molecule has 0 saturated carbocycles. The molecule has 0 N–H and O–H groups in total. The number of cyclic esters (lactones) is 1. The van der Waals surface area contributed by atoms with E-state index in [-0.39, 0.29) is 6.10 Å². The predicted octanol–water partition coefficient (Wildman–Crippen LogP) is 4.18. The Hall–Kier alpha value is -3.41. The first-order valence-electron chi connectivity index (χ1n) is 9.67. The number of para-hydroxylation sites is 1. The minimum Gasteiger partial charge on any atom is -0.465 e. The van der Waals surface area contributed by atoms with Crippen molar-refractivity contribution in [3.05, 3.63) is 65.2 Å². The summed E-state index contributed by atoms with van der Waals surface area (Å²) in [5.74, 6) is -0.246. The number of esters is 2. The van der Waals surface area contributed by atoms with E-state index in [0.717, 1.165) is 34.4 Å². The predicted molar refractivity (Wildman–Crippen MR) is 106 cm³/mol. The van der Waals surface area contributed by atoms with Crippen LogP contribution in [-0.4, -0.2) is 29.1 Å². The van der Waals surface area contributed by atoms with Gasteiger partial charge >= 0.3 is 11.9 Å². The molecule has 0 amide bonds.